The van der Waals surface area contributed by atoms with Crippen molar-refractivity contribution in [1.82, 2.24) is 4.90 Å². The van der Waals surface area contributed by atoms with E-state index in [1.165, 1.54) is 0 Å². The lowest BCUT2D eigenvalue weighted by Gasteiger charge is -2.32. The number of hydrogen-bond donors (Lipinski definition) is 1. The average molecular weight is 378 g/mol. The molecule has 1 aliphatic heterocycles. The van der Waals surface area contributed by atoms with Gasteiger partial charge in [-0.05, 0) is 40.7 Å². The van der Waals surface area contributed by atoms with E-state index in [2.05, 4.69) is 55.1 Å². The first-order valence-electron chi connectivity index (χ1n) is 6.22. The maximum absolute atomic E-state index is 5.77. The van der Waals surface area contributed by atoms with Gasteiger partial charge in [0.05, 0.1) is 12.7 Å². The number of hydrogen-bond acceptors (Lipinski definition) is 3. The van der Waals surface area contributed by atoms with Gasteiger partial charge in [-0.3, -0.25) is 4.90 Å². The molecule has 0 aliphatic carbocycles. The lowest BCUT2D eigenvalue weighted by Crippen LogP contribution is -2.45. The van der Waals surface area contributed by atoms with Gasteiger partial charge >= 0.3 is 0 Å². The highest BCUT2D eigenvalue weighted by molar-refractivity contribution is 9.11. The molecule has 1 heterocycles. The molecular weight excluding hydrogens is 360 g/mol. The van der Waals surface area contributed by atoms with Crippen LogP contribution in [0.4, 0.5) is 5.69 Å². The monoisotopic (exact) mass is 376 g/mol. The maximum Gasteiger partial charge on any atom is 0.0874 e. The van der Waals surface area contributed by atoms with Crippen molar-refractivity contribution in [2.24, 2.45) is 0 Å². The minimum absolute atomic E-state index is 0.268. The van der Waals surface area contributed by atoms with E-state index in [-0.39, 0.29) is 6.10 Å². The number of halogens is 2. The van der Waals surface area contributed by atoms with E-state index < -0.39 is 0 Å². The van der Waals surface area contributed by atoms with Gasteiger partial charge in [-0.25, -0.2) is 0 Å². The fourth-order valence-electron chi connectivity index (χ4n) is 2.05. The van der Waals surface area contributed by atoms with Crippen LogP contribution in [-0.2, 0) is 4.74 Å². The fraction of sp³-hybridized carbons (Fsp3) is 0.538. The summed E-state index contributed by atoms with van der Waals surface area (Å²) in [7, 11) is 0. The van der Waals surface area contributed by atoms with Gasteiger partial charge in [0, 0.05) is 34.3 Å². The fourth-order valence-corrected chi connectivity index (χ4v) is 2.80. The van der Waals surface area contributed by atoms with Crippen LogP contribution in [0.5, 0.6) is 0 Å². The number of likely N-dealkylation sites (N-methyl/N-ethyl adjacent to an activating group) is 1. The average Bonchev–Trinajstić information content (AvgIpc) is 2.40. The lowest BCUT2D eigenvalue weighted by molar-refractivity contribution is -0.0191. The van der Waals surface area contributed by atoms with Crippen LogP contribution in [0.25, 0.3) is 0 Å². The highest BCUT2D eigenvalue weighted by Gasteiger charge is 2.19. The number of nitrogens with zero attached hydrogens (tertiary/aromatic N) is 1. The van der Waals surface area contributed by atoms with Gasteiger partial charge < -0.3 is 10.1 Å². The van der Waals surface area contributed by atoms with Crippen LogP contribution in [-0.4, -0.2) is 43.8 Å². The van der Waals surface area contributed by atoms with Gasteiger partial charge in [-0.15, -0.1) is 0 Å². The molecule has 1 aliphatic rings. The first-order valence-corrected chi connectivity index (χ1v) is 7.80. The summed E-state index contributed by atoms with van der Waals surface area (Å²) in [5, 5.41) is 3.44. The smallest absolute Gasteiger partial charge is 0.0874 e. The number of benzene rings is 1. The molecule has 1 N–H and O–H groups in total. The Kier molecular flexibility index (Phi) is 5.48. The van der Waals surface area contributed by atoms with Crippen molar-refractivity contribution in [3.05, 3.63) is 27.1 Å². The highest BCUT2D eigenvalue weighted by Crippen LogP contribution is 2.26. The third kappa shape index (κ3) is 3.95. The predicted molar refractivity (Wildman–Crippen MR) is 82.2 cm³/mol. The zero-order chi connectivity index (χ0) is 13.0. The van der Waals surface area contributed by atoms with Gasteiger partial charge in [-0.2, -0.15) is 0 Å². The largest absolute Gasteiger partial charge is 0.381 e. The lowest BCUT2D eigenvalue weighted by atomic mass is 10.2. The summed E-state index contributed by atoms with van der Waals surface area (Å²) in [5.41, 5.74) is 1.10. The second-order valence-corrected chi connectivity index (χ2v) is 6.16. The van der Waals surface area contributed by atoms with Crippen molar-refractivity contribution in [3.63, 3.8) is 0 Å². The Labute approximate surface area is 125 Å². The topological polar surface area (TPSA) is 24.5 Å². The Morgan fingerprint density at radius 1 is 1.44 bits per heavy atom. The molecule has 0 spiro atoms. The Bertz CT molecular complexity index is 401. The van der Waals surface area contributed by atoms with Gasteiger partial charge in [0.1, 0.15) is 0 Å². The van der Waals surface area contributed by atoms with Gasteiger partial charge in [0.2, 0.25) is 0 Å². The van der Waals surface area contributed by atoms with Crippen LogP contribution in [0, 0.1) is 0 Å². The molecule has 0 bridgehead atoms. The quantitative estimate of drug-likeness (QED) is 0.870. The van der Waals surface area contributed by atoms with Crippen LogP contribution in [0.15, 0.2) is 27.1 Å². The van der Waals surface area contributed by atoms with E-state index in [0.29, 0.717) is 0 Å². The normalized spacial score (nSPS) is 20.9. The van der Waals surface area contributed by atoms with E-state index in [4.69, 9.17) is 4.74 Å². The van der Waals surface area contributed by atoms with Crippen molar-refractivity contribution in [1.29, 1.82) is 0 Å². The minimum Gasteiger partial charge on any atom is -0.381 e. The molecule has 100 valence electrons. The van der Waals surface area contributed by atoms with Crippen LogP contribution in [0.3, 0.4) is 0 Å². The standard InChI is InChI=1S/C13H18Br2N2O/c1-2-17-5-6-18-11(9-17)8-16-13-7-10(14)3-4-12(13)15/h3-4,7,11,16H,2,5-6,8-9H2,1H3. The first-order chi connectivity index (χ1) is 8.69. The first kappa shape index (κ1) is 14.3. The van der Waals surface area contributed by atoms with Crippen molar-refractivity contribution >= 4 is 37.5 Å². The Hall–Kier alpha value is -0.100. The number of rotatable bonds is 4. The second-order valence-electron chi connectivity index (χ2n) is 4.39. The molecule has 3 nitrogen and oxygen atoms in total. The molecule has 0 amide bonds. The Morgan fingerprint density at radius 2 is 2.28 bits per heavy atom. The van der Waals surface area contributed by atoms with Crippen LogP contribution in [0.2, 0.25) is 0 Å². The van der Waals surface area contributed by atoms with Crippen LogP contribution >= 0.6 is 31.9 Å². The number of nitrogens with one attached hydrogen (secondary N) is 1. The molecule has 1 aromatic carbocycles. The van der Waals surface area contributed by atoms with Crippen LogP contribution < -0.4 is 5.32 Å². The van der Waals surface area contributed by atoms with Gasteiger partial charge in [0.25, 0.3) is 0 Å². The molecule has 0 saturated carbocycles. The molecule has 1 unspecified atom stereocenters. The van der Waals surface area contributed by atoms with E-state index in [1.807, 2.05) is 12.1 Å². The molecule has 1 saturated heterocycles. The molecule has 0 radical (unpaired) electrons. The predicted octanol–water partition coefficient (Wildman–Crippen LogP) is 3.34. The third-order valence-corrected chi connectivity index (χ3v) is 4.30. The van der Waals surface area contributed by atoms with Gasteiger partial charge in [0.15, 0.2) is 0 Å². The highest BCUT2D eigenvalue weighted by atomic mass is 79.9. The maximum atomic E-state index is 5.77. The Balaban J connectivity index is 1.89. The molecule has 1 aromatic rings. The molecule has 2 rings (SSSR count). The summed E-state index contributed by atoms with van der Waals surface area (Å²) in [6, 6.07) is 6.13. The summed E-state index contributed by atoms with van der Waals surface area (Å²) in [6.45, 7) is 7.02. The minimum atomic E-state index is 0.268. The summed E-state index contributed by atoms with van der Waals surface area (Å²) >= 11 is 7.03. The molecule has 18 heavy (non-hydrogen) atoms. The number of anilines is 1. The van der Waals surface area contributed by atoms with Crippen LogP contribution in [0.1, 0.15) is 6.92 Å². The summed E-state index contributed by atoms with van der Waals surface area (Å²) in [5.74, 6) is 0. The summed E-state index contributed by atoms with van der Waals surface area (Å²) in [6.07, 6.45) is 0.268. The number of ether oxygens (including phenoxy) is 1. The zero-order valence-electron chi connectivity index (χ0n) is 10.5. The summed E-state index contributed by atoms with van der Waals surface area (Å²) < 4.78 is 7.93. The summed E-state index contributed by atoms with van der Waals surface area (Å²) in [4.78, 5) is 2.42. The number of morpholine rings is 1. The zero-order valence-corrected chi connectivity index (χ0v) is 13.6. The molecule has 5 heteroatoms. The van der Waals surface area contributed by atoms with Crippen molar-refractivity contribution in [2.45, 2.75) is 13.0 Å². The van der Waals surface area contributed by atoms with E-state index in [1.54, 1.807) is 0 Å². The van der Waals surface area contributed by atoms with E-state index >= 15 is 0 Å². The molecule has 1 fully saturated rings. The molecule has 1 atom stereocenters. The second kappa shape index (κ2) is 6.89. The molecule has 0 aromatic heterocycles. The van der Waals surface area contributed by atoms with Crippen molar-refractivity contribution in [3.8, 4) is 0 Å². The molecular formula is C13H18Br2N2O. The van der Waals surface area contributed by atoms with Crippen molar-refractivity contribution in [2.75, 3.05) is 38.1 Å². The van der Waals surface area contributed by atoms with E-state index in [0.717, 1.165) is 47.4 Å². The Morgan fingerprint density at radius 3 is 3.06 bits per heavy atom. The van der Waals surface area contributed by atoms with Crippen molar-refractivity contribution < 1.29 is 4.74 Å². The SMILES string of the molecule is CCN1CCOC(CNc2cc(Br)ccc2Br)C1. The third-order valence-electron chi connectivity index (χ3n) is 3.12. The van der Waals surface area contributed by atoms with E-state index in [9.17, 15) is 0 Å². The van der Waals surface area contributed by atoms with Gasteiger partial charge in [-0.1, -0.05) is 22.9 Å².